The number of hydrogen-bond acceptors (Lipinski definition) is 1. The molecule has 74 valence electrons. The number of rotatable bonds is 7. The molecule has 0 aliphatic rings. The molecule has 0 aromatic rings. The Hall–Kier alpha value is -0.820. The van der Waals surface area contributed by atoms with Crippen LogP contribution in [0.2, 0.25) is 0 Å². The molecule has 0 aromatic heterocycles. The summed E-state index contributed by atoms with van der Waals surface area (Å²) >= 11 is 0. The van der Waals surface area contributed by atoms with Crippen molar-refractivity contribution in [1.29, 1.82) is 0 Å². The van der Waals surface area contributed by atoms with Crippen LogP contribution >= 0.6 is 0 Å². The molecule has 0 bridgehead atoms. The van der Waals surface area contributed by atoms with Gasteiger partial charge in [-0.15, -0.1) is 19.7 Å². The van der Waals surface area contributed by atoms with Gasteiger partial charge in [-0.3, -0.25) is 0 Å². The van der Waals surface area contributed by atoms with Gasteiger partial charge in [0.25, 0.3) is 0 Å². The van der Waals surface area contributed by atoms with Gasteiger partial charge in [0, 0.05) is 0 Å². The van der Waals surface area contributed by atoms with Crippen LogP contribution in [0.15, 0.2) is 38.0 Å². The first-order valence-electron chi connectivity index (χ1n) is 4.65. The van der Waals surface area contributed by atoms with E-state index in [0.717, 1.165) is 6.42 Å². The predicted octanol–water partition coefficient (Wildman–Crippen LogP) is 3.08. The number of hydrogen-bond donors (Lipinski definition) is 1. The minimum Gasteiger partial charge on any atom is -0.389 e. The fraction of sp³-hybridized carbons (Fsp3) is 0.500. The van der Waals surface area contributed by atoms with Crippen molar-refractivity contribution >= 4 is 0 Å². The van der Waals surface area contributed by atoms with E-state index in [2.05, 4.69) is 19.7 Å². The second-order valence-electron chi connectivity index (χ2n) is 3.51. The molecule has 1 heteroatoms. The summed E-state index contributed by atoms with van der Waals surface area (Å²) in [6.07, 6.45) is 7.37. The molecule has 0 aliphatic heterocycles. The molecule has 0 fully saturated rings. The Balaban J connectivity index is 4.43. The SMILES string of the molecule is C=CC[C@H](C)C(O)(CC=C)CC=C. The van der Waals surface area contributed by atoms with Crippen LogP contribution in [0, 0.1) is 5.92 Å². The van der Waals surface area contributed by atoms with Gasteiger partial charge in [-0.1, -0.05) is 25.2 Å². The highest BCUT2D eigenvalue weighted by Crippen LogP contribution is 2.28. The van der Waals surface area contributed by atoms with E-state index >= 15 is 0 Å². The first-order chi connectivity index (χ1) is 6.10. The first-order valence-corrected chi connectivity index (χ1v) is 4.65. The standard InChI is InChI=1S/C12H20O/c1-5-8-11(4)12(13,9-6-2)10-7-3/h5-7,11,13H,1-3,8-10H2,4H3/t11-/m0/s1. The third-order valence-corrected chi connectivity index (χ3v) is 2.43. The van der Waals surface area contributed by atoms with Crippen molar-refractivity contribution < 1.29 is 5.11 Å². The fourth-order valence-electron chi connectivity index (χ4n) is 1.45. The van der Waals surface area contributed by atoms with Gasteiger partial charge in [0.1, 0.15) is 0 Å². The van der Waals surface area contributed by atoms with E-state index in [9.17, 15) is 5.11 Å². The van der Waals surface area contributed by atoms with Crippen molar-refractivity contribution in [2.45, 2.75) is 31.8 Å². The molecule has 0 unspecified atom stereocenters. The van der Waals surface area contributed by atoms with Gasteiger partial charge in [-0.05, 0) is 25.2 Å². The number of aliphatic hydroxyl groups is 1. The first kappa shape index (κ1) is 12.2. The van der Waals surface area contributed by atoms with Crippen molar-refractivity contribution in [2.75, 3.05) is 0 Å². The Morgan fingerprint density at radius 3 is 1.92 bits per heavy atom. The highest BCUT2D eigenvalue weighted by molar-refractivity contribution is 4.96. The van der Waals surface area contributed by atoms with E-state index in [-0.39, 0.29) is 5.92 Å². The zero-order chi connectivity index (χ0) is 10.3. The van der Waals surface area contributed by atoms with Gasteiger partial charge in [-0.2, -0.15) is 0 Å². The lowest BCUT2D eigenvalue weighted by Crippen LogP contribution is -2.35. The summed E-state index contributed by atoms with van der Waals surface area (Å²) in [5.41, 5.74) is -0.697. The van der Waals surface area contributed by atoms with E-state index in [1.807, 2.05) is 13.0 Å². The van der Waals surface area contributed by atoms with Gasteiger partial charge < -0.3 is 5.11 Å². The third kappa shape index (κ3) is 3.60. The lowest BCUT2D eigenvalue weighted by Gasteiger charge is -2.32. The molecule has 0 saturated heterocycles. The highest BCUT2D eigenvalue weighted by atomic mass is 16.3. The molecule has 1 N–H and O–H groups in total. The molecular weight excluding hydrogens is 160 g/mol. The Morgan fingerprint density at radius 1 is 1.15 bits per heavy atom. The Labute approximate surface area is 81.5 Å². The lowest BCUT2D eigenvalue weighted by atomic mass is 9.81. The topological polar surface area (TPSA) is 20.2 Å². The summed E-state index contributed by atoms with van der Waals surface area (Å²) in [6.45, 7) is 13.0. The van der Waals surface area contributed by atoms with Gasteiger partial charge in [0.15, 0.2) is 0 Å². The van der Waals surface area contributed by atoms with Crippen LogP contribution in [0.3, 0.4) is 0 Å². The normalized spacial score (nSPS) is 13.4. The maximum absolute atomic E-state index is 10.2. The van der Waals surface area contributed by atoms with Gasteiger partial charge in [0.05, 0.1) is 5.60 Å². The monoisotopic (exact) mass is 180 g/mol. The maximum Gasteiger partial charge on any atom is 0.0744 e. The van der Waals surface area contributed by atoms with Crippen molar-refractivity contribution in [2.24, 2.45) is 5.92 Å². The summed E-state index contributed by atoms with van der Waals surface area (Å²) in [5, 5.41) is 10.2. The number of allylic oxidation sites excluding steroid dienone is 1. The molecular formula is C12H20O. The van der Waals surface area contributed by atoms with Crippen molar-refractivity contribution in [3.8, 4) is 0 Å². The molecule has 13 heavy (non-hydrogen) atoms. The summed E-state index contributed by atoms with van der Waals surface area (Å²) in [5.74, 6) is 0.195. The van der Waals surface area contributed by atoms with Crippen LogP contribution in [-0.2, 0) is 0 Å². The van der Waals surface area contributed by atoms with E-state index in [1.165, 1.54) is 0 Å². The van der Waals surface area contributed by atoms with Crippen LogP contribution in [0.4, 0.5) is 0 Å². The summed E-state index contributed by atoms with van der Waals surface area (Å²) in [4.78, 5) is 0. The van der Waals surface area contributed by atoms with Gasteiger partial charge in [0.2, 0.25) is 0 Å². The fourth-order valence-corrected chi connectivity index (χ4v) is 1.45. The average Bonchev–Trinajstić information content (AvgIpc) is 2.05. The zero-order valence-corrected chi connectivity index (χ0v) is 8.50. The third-order valence-electron chi connectivity index (χ3n) is 2.43. The maximum atomic E-state index is 10.2. The largest absolute Gasteiger partial charge is 0.389 e. The summed E-state index contributed by atoms with van der Waals surface area (Å²) < 4.78 is 0. The summed E-state index contributed by atoms with van der Waals surface area (Å²) in [6, 6.07) is 0. The minimum atomic E-state index is -0.697. The highest BCUT2D eigenvalue weighted by Gasteiger charge is 2.29. The lowest BCUT2D eigenvalue weighted by molar-refractivity contribution is -0.00522. The average molecular weight is 180 g/mol. The second-order valence-corrected chi connectivity index (χ2v) is 3.51. The van der Waals surface area contributed by atoms with Crippen molar-refractivity contribution in [1.82, 2.24) is 0 Å². The molecule has 0 spiro atoms. The van der Waals surface area contributed by atoms with Gasteiger partial charge in [-0.25, -0.2) is 0 Å². The molecule has 1 nitrogen and oxygen atoms in total. The Morgan fingerprint density at radius 2 is 1.62 bits per heavy atom. The zero-order valence-electron chi connectivity index (χ0n) is 8.50. The summed E-state index contributed by atoms with van der Waals surface area (Å²) in [7, 11) is 0. The molecule has 0 amide bonds. The second kappa shape index (κ2) is 5.76. The minimum absolute atomic E-state index is 0.195. The molecule has 0 aliphatic carbocycles. The molecule has 0 heterocycles. The quantitative estimate of drug-likeness (QED) is 0.597. The molecule has 1 atom stereocenters. The van der Waals surface area contributed by atoms with Crippen LogP contribution in [0.1, 0.15) is 26.2 Å². The van der Waals surface area contributed by atoms with Crippen molar-refractivity contribution in [3.05, 3.63) is 38.0 Å². The molecule has 0 aromatic carbocycles. The van der Waals surface area contributed by atoms with E-state index in [1.54, 1.807) is 12.2 Å². The Kier molecular flexibility index (Phi) is 5.40. The predicted molar refractivity (Wildman–Crippen MR) is 58.6 cm³/mol. The molecule has 0 radical (unpaired) electrons. The molecule has 0 rings (SSSR count). The van der Waals surface area contributed by atoms with Crippen LogP contribution in [0.5, 0.6) is 0 Å². The smallest absolute Gasteiger partial charge is 0.0744 e. The van der Waals surface area contributed by atoms with Crippen LogP contribution < -0.4 is 0 Å². The van der Waals surface area contributed by atoms with Crippen LogP contribution in [0.25, 0.3) is 0 Å². The van der Waals surface area contributed by atoms with E-state index in [4.69, 9.17) is 0 Å². The van der Waals surface area contributed by atoms with E-state index in [0.29, 0.717) is 12.8 Å². The molecule has 0 saturated carbocycles. The van der Waals surface area contributed by atoms with Crippen LogP contribution in [-0.4, -0.2) is 10.7 Å². The van der Waals surface area contributed by atoms with E-state index < -0.39 is 5.60 Å². The Bertz CT molecular complexity index is 172. The van der Waals surface area contributed by atoms with Crippen molar-refractivity contribution in [3.63, 3.8) is 0 Å². The van der Waals surface area contributed by atoms with Gasteiger partial charge >= 0.3 is 0 Å².